The van der Waals surface area contributed by atoms with E-state index >= 15 is 0 Å². The fourth-order valence-corrected chi connectivity index (χ4v) is 2.17. The van der Waals surface area contributed by atoms with Crippen molar-refractivity contribution in [1.29, 1.82) is 0 Å². The summed E-state index contributed by atoms with van der Waals surface area (Å²) in [7, 11) is 1.57. The first-order valence-electron chi connectivity index (χ1n) is 6.08. The molecule has 0 aliphatic carbocycles. The van der Waals surface area contributed by atoms with Gasteiger partial charge in [0.05, 0.1) is 5.69 Å². The first-order chi connectivity index (χ1) is 9.82. The first kappa shape index (κ1) is 15.7. The normalized spacial score (nSPS) is 11.7. The van der Waals surface area contributed by atoms with Crippen LogP contribution in [0, 0.1) is 0 Å². The van der Waals surface area contributed by atoms with Gasteiger partial charge in [-0.2, -0.15) is 13.2 Å². The van der Waals surface area contributed by atoms with E-state index in [9.17, 15) is 13.2 Å². The number of halogens is 4. The van der Waals surface area contributed by atoms with Crippen molar-refractivity contribution in [3.63, 3.8) is 0 Å². The highest BCUT2D eigenvalue weighted by Crippen LogP contribution is 2.31. The number of nitrogens with one attached hydrogen (secondary N) is 1. The minimum absolute atomic E-state index is 0.0929. The molecule has 0 amide bonds. The predicted molar refractivity (Wildman–Crippen MR) is 73.5 cm³/mol. The molecule has 0 spiro atoms. The van der Waals surface area contributed by atoms with Crippen LogP contribution in [0.15, 0.2) is 10.7 Å². The van der Waals surface area contributed by atoms with Gasteiger partial charge in [0.2, 0.25) is 5.82 Å². The summed E-state index contributed by atoms with van der Waals surface area (Å²) in [5, 5.41) is 10.3. The molecule has 0 atom stereocenters. The van der Waals surface area contributed by atoms with Crippen LogP contribution in [0.4, 0.5) is 19.0 Å². The van der Waals surface area contributed by atoms with Gasteiger partial charge < -0.3 is 5.32 Å². The molecule has 0 radical (unpaired) electrons. The van der Waals surface area contributed by atoms with Crippen LogP contribution in [0.5, 0.6) is 0 Å². The Bertz CT molecular complexity index is 620. The van der Waals surface area contributed by atoms with E-state index in [-0.39, 0.29) is 11.5 Å². The maximum absolute atomic E-state index is 12.9. The van der Waals surface area contributed by atoms with E-state index in [1.807, 2.05) is 6.92 Å². The van der Waals surface area contributed by atoms with Crippen molar-refractivity contribution in [2.75, 3.05) is 11.9 Å². The number of hydrogen-bond donors (Lipinski definition) is 1. The number of alkyl halides is 3. The molecule has 2 heterocycles. The van der Waals surface area contributed by atoms with Gasteiger partial charge in [0.15, 0.2) is 4.60 Å². The van der Waals surface area contributed by atoms with Crippen molar-refractivity contribution in [3.05, 3.63) is 16.5 Å². The van der Waals surface area contributed by atoms with Gasteiger partial charge >= 0.3 is 6.18 Å². The molecule has 0 aliphatic heterocycles. The number of nitrogens with zero attached hydrogens (tertiary/aromatic N) is 5. The lowest BCUT2D eigenvalue weighted by Crippen LogP contribution is -2.14. The van der Waals surface area contributed by atoms with E-state index in [1.165, 1.54) is 10.7 Å². The van der Waals surface area contributed by atoms with Crippen LogP contribution < -0.4 is 5.32 Å². The molecular weight excluding hydrogens is 353 g/mol. The molecule has 114 valence electrons. The monoisotopic (exact) mass is 364 g/mol. The van der Waals surface area contributed by atoms with Crippen molar-refractivity contribution in [3.8, 4) is 11.4 Å². The summed E-state index contributed by atoms with van der Waals surface area (Å²) in [6.07, 6.45) is -3.87. The molecule has 10 heteroatoms. The van der Waals surface area contributed by atoms with Crippen molar-refractivity contribution in [2.24, 2.45) is 7.05 Å². The zero-order chi connectivity index (χ0) is 15.6. The Hall–Kier alpha value is -1.71. The summed E-state index contributed by atoms with van der Waals surface area (Å²) in [5.41, 5.74) is 0.442. The number of aryl methyl sites for hydroxylation is 1. The van der Waals surface area contributed by atoms with E-state index in [4.69, 9.17) is 0 Å². The Morgan fingerprint density at radius 2 is 2.05 bits per heavy atom. The van der Waals surface area contributed by atoms with Gasteiger partial charge in [0.25, 0.3) is 0 Å². The Kier molecular flexibility index (Phi) is 4.45. The number of rotatable bonds is 4. The second kappa shape index (κ2) is 5.96. The van der Waals surface area contributed by atoms with Crippen LogP contribution in [-0.4, -0.2) is 31.5 Å². The molecule has 1 N–H and O–H groups in total. The van der Waals surface area contributed by atoms with Gasteiger partial charge in [0.1, 0.15) is 11.5 Å². The number of aromatic nitrogens is 5. The Morgan fingerprint density at radius 3 is 2.57 bits per heavy atom. The van der Waals surface area contributed by atoms with Gasteiger partial charge in [-0.05, 0) is 22.4 Å². The first-order valence-corrected chi connectivity index (χ1v) is 6.88. The van der Waals surface area contributed by atoms with Crippen LogP contribution in [0.3, 0.4) is 0 Å². The molecule has 21 heavy (non-hydrogen) atoms. The third-order valence-electron chi connectivity index (χ3n) is 2.56. The number of anilines is 1. The topological polar surface area (TPSA) is 68.5 Å². The highest BCUT2D eigenvalue weighted by Gasteiger charge is 2.36. The molecule has 6 nitrogen and oxygen atoms in total. The molecule has 2 aromatic rings. The molecule has 0 bridgehead atoms. The Balaban J connectivity index is 2.55. The van der Waals surface area contributed by atoms with E-state index in [1.54, 1.807) is 7.05 Å². The summed E-state index contributed by atoms with van der Waals surface area (Å²) >= 11 is 3.15. The Morgan fingerprint density at radius 1 is 1.33 bits per heavy atom. The average Bonchev–Trinajstić information content (AvgIpc) is 2.74. The van der Waals surface area contributed by atoms with Crippen LogP contribution in [0.25, 0.3) is 11.4 Å². The summed E-state index contributed by atoms with van der Waals surface area (Å²) in [4.78, 5) is 7.07. The predicted octanol–water partition coefficient (Wildman–Crippen LogP) is 2.88. The maximum atomic E-state index is 12.9. The second-order valence-corrected chi connectivity index (χ2v) is 4.99. The molecule has 0 aliphatic rings. The molecule has 0 saturated carbocycles. The molecular formula is C11H12BrF3N6. The van der Waals surface area contributed by atoms with Gasteiger partial charge in [-0.1, -0.05) is 12.1 Å². The molecule has 2 aromatic heterocycles. The summed E-state index contributed by atoms with van der Waals surface area (Å²) in [5.74, 6) is -1.09. The van der Waals surface area contributed by atoms with Crippen LogP contribution in [0.1, 0.15) is 19.2 Å². The van der Waals surface area contributed by atoms with E-state index in [0.717, 1.165) is 6.42 Å². The van der Waals surface area contributed by atoms with E-state index in [0.29, 0.717) is 16.8 Å². The average molecular weight is 365 g/mol. The lowest BCUT2D eigenvalue weighted by molar-refractivity contribution is -0.144. The smallest absolute Gasteiger partial charge is 0.370 e. The van der Waals surface area contributed by atoms with Gasteiger partial charge in [-0.25, -0.2) is 14.6 Å². The van der Waals surface area contributed by atoms with Crippen LogP contribution in [-0.2, 0) is 13.2 Å². The maximum Gasteiger partial charge on any atom is 0.451 e. The standard InChI is InChI=1S/C11H12BrF3N6/c1-3-4-16-7-5-6(8-9(12)19-20-21(8)2)17-10(18-7)11(13,14)15/h5H,3-4H2,1-2H3,(H,16,17,18). The molecule has 2 rings (SSSR count). The van der Waals surface area contributed by atoms with Gasteiger partial charge in [0, 0.05) is 19.7 Å². The highest BCUT2D eigenvalue weighted by atomic mass is 79.9. The van der Waals surface area contributed by atoms with Crippen LogP contribution >= 0.6 is 15.9 Å². The molecule has 0 fully saturated rings. The van der Waals surface area contributed by atoms with Crippen LogP contribution in [0.2, 0.25) is 0 Å². The van der Waals surface area contributed by atoms with Crippen molar-refractivity contribution in [2.45, 2.75) is 19.5 Å². The SMILES string of the molecule is CCCNc1cc(-c2c(Br)nnn2C)nc(C(F)(F)F)n1. The number of hydrogen-bond acceptors (Lipinski definition) is 5. The summed E-state index contributed by atoms with van der Waals surface area (Å²) in [6.45, 7) is 2.42. The highest BCUT2D eigenvalue weighted by molar-refractivity contribution is 9.10. The lowest BCUT2D eigenvalue weighted by Gasteiger charge is -2.11. The third-order valence-corrected chi connectivity index (χ3v) is 3.10. The van der Waals surface area contributed by atoms with E-state index < -0.39 is 12.0 Å². The zero-order valence-electron chi connectivity index (χ0n) is 11.2. The fourth-order valence-electron chi connectivity index (χ4n) is 1.64. The van der Waals surface area contributed by atoms with Gasteiger partial charge in [-0.15, -0.1) is 5.10 Å². The Labute approximate surface area is 126 Å². The minimum atomic E-state index is -4.63. The zero-order valence-corrected chi connectivity index (χ0v) is 12.8. The van der Waals surface area contributed by atoms with Gasteiger partial charge in [-0.3, -0.25) is 0 Å². The van der Waals surface area contributed by atoms with Crippen molar-refractivity contribution < 1.29 is 13.2 Å². The van der Waals surface area contributed by atoms with Crippen molar-refractivity contribution in [1.82, 2.24) is 25.0 Å². The minimum Gasteiger partial charge on any atom is -0.370 e. The largest absolute Gasteiger partial charge is 0.451 e. The lowest BCUT2D eigenvalue weighted by atomic mass is 10.3. The van der Waals surface area contributed by atoms with Crippen molar-refractivity contribution >= 4 is 21.7 Å². The second-order valence-electron chi connectivity index (χ2n) is 4.24. The molecule has 0 unspecified atom stereocenters. The fraction of sp³-hybridized carbons (Fsp3) is 0.455. The van der Waals surface area contributed by atoms with E-state index in [2.05, 4.69) is 41.5 Å². The quantitative estimate of drug-likeness (QED) is 0.903. The third kappa shape index (κ3) is 3.49. The summed E-state index contributed by atoms with van der Waals surface area (Å²) < 4.78 is 40.4. The molecule has 0 aromatic carbocycles. The summed E-state index contributed by atoms with van der Waals surface area (Å²) in [6, 6.07) is 1.44. The molecule has 0 saturated heterocycles.